The summed E-state index contributed by atoms with van der Waals surface area (Å²) in [6.07, 6.45) is 1.22. The normalized spacial score (nSPS) is 10.7. The summed E-state index contributed by atoms with van der Waals surface area (Å²) in [6, 6.07) is 13.5. The highest BCUT2D eigenvalue weighted by Crippen LogP contribution is 2.27. The van der Waals surface area contributed by atoms with E-state index in [0.717, 1.165) is 10.8 Å². The first-order valence-corrected chi connectivity index (χ1v) is 5.43. The third-order valence-electron chi connectivity index (χ3n) is 2.81. The molecule has 0 fully saturated rings. The molecule has 0 bridgehead atoms. The lowest BCUT2D eigenvalue weighted by Gasteiger charge is -2.01. The molecular weight excluding hydrogens is 230 g/mol. The Morgan fingerprint density at radius 3 is 2.67 bits per heavy atom. The summed E-state index contributed by atoms with van der Waals surface area (Å²) in [5.41, 5.74) is 0.786. The van der Waals surface area contributed by atoms with Crippen molar-refractivity contribution in [3.63, 3.8) is 0 Å². The molecule has 0 spiro atoms. The minimum absolute atomic E-state index is 0.0743. The van der Waals surface area contributed by atoms with Crippen molar-refractivity contribution in [1.82, 2.24) is 5.16 Å². The summed E-state index contributed by atoms with van der Waals surface area (Å²) in [4.78, 5) is 11.0. The molecule has 0 amide bonds. The maximum Gasteiger partial charge on any atom is 0.341 e. The van der Waals surface area contributed by atoms with E-state index in [2.05, 4.69) is 5.16 Å². The molecular formula is C14H9NO3. The van der Waals surface area contributed by atoms with E-state index in [9.17, 15) is 4.79 Å². The van der Waals surface area contributed by atoms with Crippen LogP contribution in [0.3, 0.4) is 0 Å². The number of aromatic carboxylic acids is 1. The lowest BCUT2D eigenvalue weighted by molar-refractivity contribution is 0.0697. The van der Waals surface area contributed by atoms with Gasteiger partial charge in [-0.25, -0.2) is 4.79 Å². The van der Waals surface area contributed by atoms with Crippen molar-refractivity contribution in [2.24, 2.45) is 0 Å². The van der Waals surface area contributed by atoms with Crippen molar-refractivity contribution >= 4 is 16.7 Å². The molecule has 2 aromatic carbocycles. The number of carboxylic acid groups (broad SMARTS) is 1. The molecule has 0 unspecified atom stereocenters. The summed E-state index contributed by atoms with van der Waals surface area (Å²) < 4.78 is 5.03. The summed E-state index contributed by atoms with van der Waals surface area (Å²) in [6.45, 7) is 0. The molecule has 0 radical (unpaired) electrons. The lowest BCUT2D eigenvalue weighted by atomic mass is 10.0. The number of carbonyl (C=O) groups is 1. The molecule has 1 N–H and O–H groups in total. The van der Waals surface area contributed by atoms with Crippen LogP contribution in [-0.4, -0.2) is 16.2 Å². The van der Waals surface area contributed by atoms with Crippen LogP contribution in [0.15, 0.2) is 53.2 Å². The van der Waals surface area contributed by atoms with Crippen LogP contribution in [0.4, 0.5) is 0 Å². The van der Waals surface area contributed by atoms with Crippen molar-refractivity contribution in [2.75, 3.05) is 0 Å². The minimum atomic E-state index is -1.04. The molecule has 0 saturated carbocycles. The molecule has 18 heavy (non-hydrogen) atoms. The third kappa shape index (κ3) is 1.64. The molecule has 0 aliphatic heterocycles. The number of benzene rings is 2. The summed E-state index contributed by atoms with van der Waals surface area (Å²) in [5, 5.41) is 14.7. The Hall–Kier alpha value is -2.62. The van der Waals surface area contributed by atoms with Gasteiger partial charge in [-0.05, 0) is 16.8 Å². The van der Waals surface area contributed by atoms with Gasteiger partial charge >= 0.3 is 5.97 Å². The van der Waals surface area contributed by atoms with Gasteiger partial charge in [-0.2, -0.15) is 0 Å². The summed E-state index contributed by atoms with van der Waals surface area (Å²) in [5.74, 6) is -0.757. The van der Waals surface area contributed by atoms with Gasteiger partial charge in [0.15, 0.2) is 5.76 Å². The number of nitrogens with zero attached hydrogens (tertiary/aromatic N) is 1. The fourth-order valence-corrected chi connectivity index (χ4v) is 1.93. The van der Waals surface area contributed by atoms with Crippen LogP contribution in [0.5, 0.6) is 0 Å². The van der Waals surface area contributed by atoms with E-state index in [1.165, 1.54) is 6.20 Å². The van der Waals surface area contributed by atoms with E-state index in [1.54, 1.807) is 0 Å². The van der Waals surface area contributed by atoms with Crippen LogP contribution in [0.25, 0.3) is 22.1 Å². The van der Waals surface area contributed by atoms with Crippen LogP contribution in [-0.2, 0) is 0 Å². The maximum absolute atomic E-state index is 11.0. The van der Waals surface area contributed by atoms with E-state index in [-0.39, 0.29) is 11.3 Å². The molecule has 0 aliphatic carbocycles. The molecule has 4 nitrogen and oxygen atoms in total. The number of hydrogen-bond donors (Lipinski definition) is 1. The molecule has 0 aliphatic rings. The first-order valence-electron chi connectivity index (χ1n) is 5.43. The molecule has 0 saturated heterocycles. The van der Waals surface area contributed by atoms with Crippen LogP contribution in [0.1, 0.15) is 10.4 Å². The lowest BCUT2D eigenvalue weighted by Crippen LogP contribution is -1.95. The van der Waals surface area contributed by atoms with E-state index in [4.69, 9.17) is 9.63 Å². The van der Waals surface area contributed by atoms with E-state index in [1.807, 2.05) is 42.5 Å². The molecule has 1 aromatic heterocycles. The topological polar surface area (TPSA) is 63.3 Å². The first kappa shape index (κ1) is 10.5. The van der Waals surface area contributed by atoms with Crippen LogP contribution >= 0.6 is 0 Å². The third-order valence-corrected chi connectivity index (χ3v) is 2.81. The first-order chi connectivity index (χ1) is 8.75. The van der Waals surface area contributed by atoms with E-state index in [0.29, 0.717) is 5.56 Å². The molecule has 3 aromatic rings. The Morgan fingerprint density at radius 2 is 1.89 bits per heavy atom. The van der Waals surface area contributed by atoms with Crippen LogP contribution < -0.4 is 0 Å². The number of rotatable bonds is 2. The Balaban J connectivity index is 2.19. The quantitative estimate of drug-likeness (QED) is 0.745. The maximum atomic E-state index is 11.0. The fourth-order valence-electron chi connectivity index (χ4n) is 1.93. The van der Waals surface area contributed by atoms with Crippen molar-refractivity contribution < 1.29 is 14.4 Å². The van der Waals surface area contributed by atoms with E-state index >= 15 is 0 Å². The van der Waals surface area contributed by atoms with Crippen molar-refractivity contribution in [1.29, 1.82) is 0 Å². The average Bonchev–Trinajstić information content (AvgIpc) is 2.87. The molecule has 88 valence electrons. The molecule has 0 atom stereocenters. The zero-order valence-corrected chi connectivity index (χ0v) is 9.33. The monoisotopic (exact) mass is 239 g/mol. The second-order valence-electron chi connectivity index (χ2n) is 3.94. The van der Waals surface area contributed by atoms with Crippen molar-refractivity contribution in [2.45, 2.75) is 0 Å². The van der Waals surface area contributed by atoms with Gasteiger partial charge in [0.05, 0.1) is 6.20 Å². The number of carboxylic acids is 1. The Kier molecular flexibility index (Phi) is 2.34. The predicted octanol–water partition coefficient (Wildman–Crippen LogP) is 3.19. The SMILES string of the molecule is O=C(O)c1cnoc1-c1ccc2ccccc2c1. The van der Waals surface area contributed by atoms with Gasteiger partial charge in [0, 0.05) is 5.56 Å². The molecule has 1 heterocycles. The van der Waals surface area contributed by atoms with Crippen LogP contribution in [0.2, 0.25) is 0 Å². The summed E-state index contributed by atoms with van der Waals surface area (Å²) >= 11 is 0. The highest BCUT2D eigenvalue weighted by molar-refractivity contribution is 5.95. The number of hydrogen-bond acceptors (Lipinski definition) is 3. The van der Waals surface area contributed by atoms with Gasteiger partial charge in [-0.3, -0.25) is 0 Å². The molecule has 3 rings (SSSR count). The zero-order chi connectivity index (χ0) is 12.5. The average molecular weight is 239 g/mol. The highest BCUT2D eigenvalue weighted by atomic mass is 16.5. The van der Waals surface area contributed by atoms with Crippen LogP contribution in [0, 0.1) is 0 Å². The second-order valence-corrected chi connectivity index (χ2v) is 3.94. The van der Waals surface area contributed by atoms with Gasteiger partial charge in [0.25, 0.3) is 0 Å². The van der Waals surface area contributed by atoms with Gasteiger partial charge < -0.3 is 9.63 Å². The van der Waals surface area contributed by atoms with Gasteiger partial charge in [-0.1, -0.05) is 41.6 Å². The zero-order valence-electron chi connectivity index (χ0n) is 9.33. The van der Waals surface area contributed by atoms with E-state index < -0.39 is 5.97 Å². The fraction of sp³-hybridized carbons (Fsp3) is 0. The Morgan fingerprint density at radius 1 is 1.11 bits per heavy atom. The Bertz CT molecular complexity index is 730. The van der Waals surface area contributed by atoms with Gasteiger partial charge in [-0.15, -0.1) is 0 Å². The summed E-state index contributed by atoms with van der Waals surface area (Å²) in [7, 11) is 0. The van der Waals surface area contributed by atoms with Gasteiger partial charge in [0.1, 0.15) is 5.56 Å². The number of aromatic nitrogens is 1. The smallest absolute Gasteiger partial charge is 0.341 e. The second kappa shape index (κ2) is 4.00. The Labute approximate surface area is 102 Å². The highest BCUT2D eigenvalue weighted by Gasteiger charge is 2.16. The molecule has 4 heteroatoms. The number of fused-ring (bicyclic) bond motifs is 1. The van der Waals surface area contributed by atoms with Crippen molar-refractivity contribution in [3.05, 3.63) is 54.2 Å². The predicted molar refractivity (Wildman–Crippen MR) is 66.4 cm³/mol. The van der Waals surface area contributed by atoms with Crippen molar-refractivity contribution in [3.8, 4) is 11.3 Å². The minimum Gasteiger partial charge on any atom is -0.477 e. The largest absolute Gasteiger partial charge is 0.477 e. The van der Waals surface area contributed by atoms with Gasteiger partial charge in [0.2, 0.25) is 0 Å². The standard InChI is InChI=1S/C14H9NO3/c16-14(17)12-8-15-18-13(12)11-6-5-9-3-1-2-4-10(9)7-11/h1-8H,(H,16,17).